The van der Waals surface area contributed by atoms with Crippen LogP contribution in [0.25, 0.3) is 10.9 Å². The van der Waals surface area contributed by atoms with Crippen molar-refractivity contribution >= 4 is 28.6 Å². The van der Waals surface area contributed by atoms with Crippen LogP contribution in [-0.4, -0.2) is 73.7 Å². The molecule has 150 valence electrons. The lowest BCUT2D eigenvalue weighted by Gasteiger charge is -2.35. The van der Waals surface area contributed by atoms with E-state index in [0.717, 1.165) is 12.5 Å². The minimum atomic E-state index is -2.91. The number of aromatic nitrogens is 2. The highest BCUT2D eigenvalue weighted by molar-refractivity contribution is 5.91. The van der Waals surface area contributed by atoms with Crippen LogP contribution in [0.1, 0.15) is 21.1 Å². The van der Waals surface area contributed by atoms with E-state index >= 15 is 0 Å². The first-order valence-corrected chi connectivity index (χ1v) is 8.98. The Kier molecular flexibility index (Phi) is 3.08. The number of carbonyl (C=O) groups excluding carboxylic acids is 1. The minimum absolute atomic E-state index is 0.0518. The van der Waals surface area contributed by atoms with Crippen molar-refractivity contribution in [3.8, 4) is 11.5 Å². The van der Waals surface area contributed by atoms with Crippen molar-refractivity contribution in [2.45, 2.75) is 18.9 Å². The molecule has 1 unspecified atom stereocenters. The molecule has 0 spiro atoms. The van der Waals surface area contributed by atoms with Gasteiger partial charge in [-0.2, -0.15) is 4.98 Å². The number of piperazine rings is 1. The second kappa shape index (κ2) is 7.67. The fraction of sp³-hybridized carbons (Fsp3) is 0.526. The normalized spacial score (nSPS) is 24.8. The summed E-state index contributed by atoms with van der Waals surface area (Å²) in [7, 11) is -5.81. The number of anilines is 2. The Morgan fingerprint density at radius 2 is 2.04 bits per heavy atom. The van der Waals surface area contributed by atoms with Crippen LogP contribution in [0.4, 0.5) is 11.8 Å². The van der Waals surface area contributed by atoms with Gasteiger partial charge in [0.1, 0.15) is 11.9 Å². The lowest BCUT2D eigenvalue weighted by atomic mass is 10.2. The van der Waals surface area contributed by atoms with E-state index in [4.69, 9.17) is 25.3 Å². The van der Waals surface area contributed by atoms with Gasteiger partial charge in [0.25, 0.3) is 5.91 Å². The first kappa shape index (κ1) is 11.3. The Balaban J connectivity index is 1.66. The van der Waals surface area contributed by atoms with Gasteiger partial charge in [-0.25, -0.2) is 4.98 Å². The predicted octanol–water partition coefficient (Wildman–Crippen LogP) is 1.06. The molecule has 2 aliphatic heterocycles. The van der Waals surface area contributed by atoms with Gasteiger partial charge in [-0.3, -0.25) is 4.79 Å². The maximum Gasteiger partial charge on any atom is 0.251 e. The van der Waals surface area contributed by atoms with Crippen LogP contribution in [0.2, 0.25) is 2.82 Å². The molecule has 3 heterocycles. The molecule has 2 aliphatic rings. The van der Waals surface area contributed by atoms with E-state index in [2.05, 4.69) is 9.97 Å². The van der Waals surface area contributed by atoms with E-state index < -0.39 is 25.9 Å². The lowest BCUT2D eigenvalue weighted by molar-refractivity contribution is -0.141. The molecule has 2 aromatic rings. The maximum absolute atomic E-state index is 12.6. The van der Waals surface area contributed by atoms with Gasteiger partial charge in [-0.05, 0) is 18.9 Å². The Hall–Kier alpha value is -2.81. The van der Waals surface area contributed by atoms with Crippen LogP contribution in [0.3, 0.4) is 0 Å². The fourth-order valence-electron chi connectivity index (χ4n) is 3.51. The molecule has 0 radical (unpaired) electrons. The largest absolute Gasteiger partial charge is 0.493 e. The van der Waals surface area contributed by atoms with Gasteiger partial charge in [-0.15, -0.1) is 0 Å². The summed E-state index contributed by atoms with van der Waals surface area (Å²) in [4.78, 5) is 24.9. The summed E-state index contributed by atoms with van der Waals surface area (Å²) in [6.07, 6.45) is 1.14. The summed E-state index contributed by atoms with van der Waals surface area (Å²) in [6.45, 7) is 2.16. The zero-order valence-electron chi connectivity index (χ0n) is 23.1. The predicted molar refractivity (Wildman–Crippen MR) is 105 cm³/mol. The number of fused-ring (bicyclic) bond motifs is 1. The SMILES string of the molecule is [2H]N([2H])c1nc(N2CCN(C(=O)C3CCCO3)CC2)nc2cc(OC([2H])([2H])[2H])c(OC([2H])([2H])[2H])cc12. The summed E-state index contributed by atoms with van der Waals surface area (Å²) in [5.41, 5.74) is 0.364. The third kappa shape index (κ3) is 3.37. The Bertz CT molecular complexity index is 1120. The number of hydrogen-bond acceptors (Lipinski definition) is 8. The molecule has 28 heavy (non-hydrogen) atoms. The summed E-state index contributed by atoms with van der Waals surface area (Å²) in [5, 5.41) is 0.0908. The molecule has 9 heteroatoms. The Labute approximate surface area is 174 Å². The summed E-state index contributed by atoms with van der Waals surface area (Å²) in [5.74, 6) is -0.870. The third-order valence-corrected chi connectivity index (χ3v) is 5.03. The standard InChI is InChI=1S/C19H25N5O4/c1-26-15-10-12-13(11-16(15)27-2)21-19(22-17(12)20)24-7-5-23(6-8-24)18(25)14-4-3-9-28-14/h10-11,14H,3-9H2,1-2H3,(H2,20,21,22)/i1D3,2D3/hD2. The highest BCUT2D eigenvalue weighted by atomic mass is 16.5. The van der Waals surface area contributed by atoms with Crippen molar-refractivity contribution in [1.29, 1.82) is 0 Å². The molecule has 9 nitrogen and oxygen atoms in total. The minimum Gasteiger partial charge on any atom is -0.493 e. The molecular formula is C19H25N5O4. The zero-order chi connectivity index (χ0) is 26.3. The van der Waals surface area contributed by atoms with Gasteiger partial charge < -0.3 is 29.7 Å². The number of nitrogens with zero attached hydrogens (tertiary/aromatic N) is 4. The molecule has 1 amide bonds. The van der Waals surface area contributed by atoms with Crippen LogP contribution in [0.5, 0.6) is 11.5 Å². The monoisotopic (exact) mass is 395 g/mol. The molecule has 2 N–H and O–H groups in total. The van der Waals surface area contributed by atoms with Crippen LogP contribution >= 0.6 is 0 Å². The number of carbonyl (C=O) groups is 1. The highest BCUT2D eigenvalue weighted by Crippen LogP contribution is 2.34. The van der Waals surface area contributed by atoms with Crippen LogP contribution < -0.4 is 20.1 Å². The van der Waals surface area contributed by atoms with E-state index in [1.54, 1.807) is 9.80 Å². The van der Waals surface area contributed by atoms with E-state index in [9.17, 15) is 4.79 Å². The molecule has 0 saturated carbocycles. The van der Waals surface area contributed by atoms with Crippen molar-refractivity contribution in [3.63, 3.8) is 0 Å². The fourth-order valence-corrected chi connectivity index (χ4v) is 3.51. The summed E-state index contributed by atoms with van der Waals surface area (Å²) < 4.78 is 75.2. The molecular weight excluding hydrogens is 362 g/mol. The van der Waals surface area contributed by atoms with E-state index in [0.29, 0.717) is 39.2 Å². The molecule has 0 aliphatic carbocycles. The van der Waals surface area contributed by atoms with Crippen molar-refractivity contribution in [3.05, 3.63) is 12.1 Å². The molecule has 4 rings (SSSR count). The van der Waals surface area contributed by atoms with E-state index in [1.165, 1.54) is 6.07 Å². The van der Waals surface area contributed by atoms with Gasteiger partial charge in [0, 0.05) is 44.2 Å². The molecule has 0 bridgehead atoms. The van der Waals surface area contributed by atoms with Crippen molar-refractivity contribution < 1.29 is 30.1 Å². The molecule has 1 aromatic heterocycles. The van der Waals surface area contributed by atoms with E-state index in [-0.39, 0.29) is 40.0 Å². The number of ether oxygens (including phenoxy) is 3. The van der Waals surface area contributed by atoms with Crippen LogP contribution in [0.15, 0.2) is 12.1 Å². The van der Waals surface area contributed by atoms with Gasteiger partial charge in [0.15, 0.2) is 14.3 Å². The number of rotatable bonds is 5. The second-order valence-corrected chi connectivity index (χ2v) is 6.68. The maximum atomic E-state index is 12.6. The summed E-state index contributed by atoms with van der Waals surface area (Å²) >= 11 is 0. The number of nitrogen functional groups attached to an aromatic ring is 1. The van der Waals surface area contributed by atoms with Crippen molar-refractivity contribution in [2.24, 2.45) is 0 Å². The van der Waals surface area contributed by atoms with Gasteiger partial charge in [0.05, 0.1) is 27.8 Å². The molecule has 2 fully saturated rings. The highest BCUT2D eigenvalue weighted by Gasteiger charge is 2.31. The third-order valence-electron chi connectivity index (χ3n) is 5.03. The van der Waals surface area contributed by atoms with Gasteiger partial charge in [-0.1, -0.05) is 0 Å². The number of benzene rings is 1. The number of amides is 1. The molecule has 1 atom stereocenters. The van der Waals surface area contributed by atoms with Crippen molar-refractivity contribution in [2.75, 3.05) is 57.5 Å². The number of methoxy groups -OCH3 is 2. The van der Waals surface area contributed by atoms with E-state index in [1.807, 2.05) is 0 Å². The van der Waals surface area contributed by atoms with Gasteiger partial charge in [0.2, 0.25) is 5.95 Å². The smallest absolute Gasteiger partial charge is 0.251 e. The van der Waals surface area contributed by atoms with Crippen LogP contribution in [-0.2, 0) is 9.53 Å². The number of nitrogens with two attached hydrogens (primary N) is 1. The first-order chi connectivity index (χ1) is 16.8. The topological polar surface area (TPSA) is 103 Å². The Morgan fingerprint density at radius 1 is 1.25 bits per heavy atom. The number of hydrogen-bond donors (Lipinski definition) is 1. The quantitative estimate of drug-likeness (QED) is 0.802. The average molecular weight is 395 g/mol. The second-order valence-electron chi connectivity index (χ2n) is 6.68. The molecule has 2 saturated heterocycles. The van der Waals surface area contributed by atoms with Crippen molar-refractivity contribution in [1.82, 2.24) is 14.9 Å². The van der Waals surface area contributed by atoms with Gasteiger partial charge >= 0.3 is 0 Å². The first-order valence-electron chi connectivity index (χ1n) is 12.9. The molecule has 1 aromatic carbocycles. The summed E-state index contributed by atoms with van der Waals surface area (Å²) in [6, 6.07) is 2.31. The van der Waals surface area contributed by atoms with Crippen LogP contribution in [0, 0.1) is 0 Å². The zero-order valence-corrected chi connectivity index (χ0v) is 15.1. The Morgan fingerprint density at radius 3 is 2.71 bits per heavy atom. The lowest BCUT2D eigenvalue weighted by Crippen LogP contribution is -2.51. The average Bonchev–Trinajstić information content (AvgIpc) is 3.31.